The number of nitrogens with one attached hydrogen (secondary N) is 3. The summed E-state index contributed by atoms with van der Waals surface area (Å²) in [6.45, 7) is 5.11. The van der Waals surface area contributed by atoms with E-state index in [-0.39, 0.29) is 5.50 Å². The summed E-state index contributed by atoms with van der Waals surface area (Å²) in [7, 11) is 1.89. The molecule has 0 radical (unpaired) electrons. The Bertz CT molecular complexity index is 288. The van der Waals surface area contributed by atoms with Crippen LogP contribution in [0.3, 0.4) is 0 Å². The molecule has 1 aliphatic heterocycles. The van der Waals surface area contributed by atoms with E-state index < -0.39 is 0 Å². The summed E-state index contributed by atoms with van der Waals surface area (Å²) in [6, 6.07) is 0. The molecule has 0 aromatic carbocycles. The van der Waals surface area contributed by atoms with Gasteiger partial charge < -0.3 is 15.5 Å². The van der Waals surface area contributed by atoms with Crippen LogP contribution in [0.1, 0.15) is 26.7 Å². The molecule has 0 aromatic rings. The average molecular weight is 242 g/mol. The van der Waals surface area contributed by atoms with Crippen molar-refractivity contribution in [3.05, 3.63) is 11.4 Å². The normalized spacial score (nSPS) is 21.1. The van der Waals surface area contributed by atoms with Crippen LogP contribution in [0.15, 0.2) is 11.4 Å². The molecule has 0 bridgehead atoms. The summed E-state index contributed by atoms with van der Waals surface area (Å²) in [5.41, 5.74) is 1.16. The number of thioether (sulfide) groups is 1. The molecular formula is C11H22N4S. The molecule has 1 rings (SSSR count). The van der Waals surface area contributed by atoms with Gasteiger partial charge in [-0.2, -0.15) is 0 Å². The van der Waals surface area contributed by atoms with Crippen molar-refractivity contribution in [1.82, 2.24) is 15.5 Å². The highest BCUT2D eigenvalue weighted by atomic mass is 32.2. The van der Waals surface area contributed by atoms with Crippen LogP contribution in [0.5, 0.6) is 0 Å². The van der Waals surface area contributed by atoms with Gasteiger partial charge in [-0.05, 0) is 19.6 Å². The Hall–Kier alpha value is -0.840. The monoisotopic (exact) mass is 242 g/mol. The lowest BCUT2D eigenvalue weighted by atomic mass is 10.2. The molecule has 3 N–H and O–H groups in total. The zero-order valence-corrected chi connectivity index (χ0v) is 11.4. The number of rotatable bonds is 5. The highest BCUT2D eigenvalue weighted by molar-refractivity contribution is 7.99. The summed E-state index contributed by atoms with van der Waals surface area (Å²) in [5.74, 6) is 1.60. The Morgan fingerprint density at radius 3 is 2.75 bits per heavy atom. The summed E-state index contributed by atoms with van der Waals surface area (Å²) >= 11 is 1.73. The van der Waals surface area contributed by atoms with Gasteiger partial charge in [0.15, 0.2) is 0 Å². The van der Waals surface area contributed by atoms with E-state index in [0.29, 0.717) is 5.84 Å². The van der Waals surface area contributed by atoms with E-state index in [1.807, 2.05) is 14.0 Å². The van der Waals surface area contributed by atoms with E-state index in [9.17, 15) is 0 Å². The van der Waals surface area contributed by atoms with Crippen molar-refractivity contribution in [2.75, 3.05) is 19.8 Å². The van der Waals surface area contributed by atoms with Gasteiger partial charge in [-0.3, -0.25) is 5.41 Å². The van der Waals surface area contributed by atoms with E-state index >= 15 is 0 Å². The number of unbranched alkanes of at least 4 members (excludes halogenated alkanes) is 1. The van der Waals surface area contributed by atoms with Crippen LogP contribution in [0.4, 0.5) is 0 Å². The first kappa shape index (κ1) is 13.2. The lowest BCUT2D eigenvalue weighted by Gasteiger charge is -2.39. The molecule has 0 amide bonds. The van der Waals surface area contributed by atoms with Gasteiger partial charge in [-0.25, -0.2) is 0 Å². The Labute approximate surface area is 102 Å². The highest BCUT2D eigenvalue weighted by Crippen LogP contribution is 2.21. The fourth-order valence-corrected chi connectivity index (χ4v) is 2.47. The maximum absolute atomic E-state index is 8.17. The second-order valence-electron chi connectivity index (χ2n) is 3.88. The Morgan fingerprint density at radius 1 is 1.56 bits per heavy atom. The quantitative estimate of drug-likeness (QED) is 0.688. The molecule has 1 unspecified atom stereocenters. The SMILES string of the molecule is CCCCN1C(=N)C(C)=C(NC)NC1SC. The first-order chi connectivity index (χ1) is 7.65. The van der Waals surface area contributed by atoms with Gasteiger partial charge in [0.05, 0.1) is 0 Å². The first-order valence-corrected chi connectivity index (χ1v) is 6.98. The largest absolute Gasteiger partial charge is 0.375 e. The standard InChI is InChI=1S/C11H22N4S/c1-5-6-7-15-9(12)8(2)10(13-3)14-11(15)16-4/h11-14H,5-7H2,1-4H3. The fraction of sp³-hybridized carbons (Fsp3) is 0.727. The molecule has 0 aliphatic carbocycles. The predicted octanol–water partition coefficient (Wildman–Crippen LogP) is 1.77. The lowest BCUT2D eigenvalue weighted by Crippen LogP contribution is -2.53. The van der Waals surface area contributed by atoms with E-state index in [4.69, 9.17) is 5.41 Å². The van der Waals surface area contributed by atoms with E-state index in [0.717, 1.165) is 30.8 Å². The van der Waals surface area contributed by atoms with Gasteiger partial charge in [0.25, 0.3) is 0 Å². The third kappa shape index (κ3) is 2.64. The minimum Gasteiger partial charge on any atom is -0.375 e. The van der Waals surface area contributed by atoms with Gasteiger partial charge in [0.1, 0.15) is 17.2 Å². The summed E-state index contributed by atoms with van der Waals surface area (Å²) in [4.78, 5) is 2.13. The van der Waals surface area contributed by atoms with Gasteiger partial charge >= 0.3 is 0 Å². The zero-order chi connectivity index (χ0) is 12.1. The van der Waals surface area contributed by atoms with Crippen molar-refractivity contribution in [1.29, 1.82) is 5.41 Å². The van der Waals surface area contributed by atoms with Crippen LogP contribution >= 0.6 is 11.8 Å². The molecule has 16 heavy (non-hydrogen) atoms. The van der Waals surface area contributed by atoms with E-state index in [1.54, 1.807) is 11.8 Å². The first-order valence-electron chi connectivity index (χ1n) is 5.69. The summed E-state index contributed by atoms with van der Waals surface area (Å²) in [5, 5.41) is 14.7. The molecule has 92 valence electrons. The Balaban J connectivity index is 2.84. The predicted molar refractivity (Wildman–Crippen MR) is 71.5 cm³/mol. The second-order valence-corrected chi connectivity index (χ2v) is 4.80. The second kappa shape index (κ2) is 6.03. The number of amidine groups is 1. The van der Waals surface area contributed by atoms with Crippen molar-refractivity contribution >= 4 is 17.6 Å². The molecule has 0 fully saturated rings. The van der Waals surface area contributed by atoms with Crippen molar-refractivity contribution in [2.24, 2.45) is 0 Å². The number of hydrogen-bond acceptors (Lipinski definition) is 4. The minimum absolute atomic E-state index is 0.171. The van der Waals surface area contributed by atoms with E-state index in [2.05, 4.69) is 28.7 Å². The van der Waals surface area contributed by atoms with Gasteiger partial charge in [-0.15, -0.1) is 11.8 Å². The maximum Gasteiger partial charge on any atom is 0.150 e. The van der Waals surface area contributed by atoms with Crippen LogP contribution in [0.2, 0.25) is 0 Å². The molecule has 1 heterocycles. The van der Waals surface area contributed by atoms with Crippen LogP contribution in [0.25, 0.3) is 0 Å². The Morgan fingerprint density at radius 2 is 2.25 bits per heavy atom. The van der Waals surface area contributed by atoms with Crippen molar-refractivity contribution in [3.63, 3.8) is 0 Å². The molecule has 0 saturated carbocycles. The molecule has 5 heteroatoms. The topological polar surface area (TPSA) is 51.2 Å². The molecule has 1 atom stereocenters. The van der Waals surface area contributed by atoms with E-state index in [1.165, 1.54) is 0 Å². The minimum atomic E-state index is 0.171. The third-order valence-electron chi connectivity index (χ3n) is 2.79. The van der Waals surface area contributed by atoms with Gasteiger partial charge in [0.2, 0.25) is 0 Å². The van der Waals surface area contributed by atoms with Crippen molar-refractivity contribution in [2.45, 2.75) is 32.2 Å². The highest BCUT2D eigenvalue weighted by Gasteiger charge is 2.27. The van der Waals surface area contributed by atoms with Gasteiger partial charge in [-0.1, -0.05) is 13.3 Å². The lowest BCUT2D eigenvalue weighted by molar-refractivity contribution is 0.340. The van der Waals surface area contributed by atoms with Crippen LogP contribution in [0, 0.1) is 5.41 Å². The maximum atomic E-state index is 8.17. The van der Waals surface area contributed by atoms with Crippen molar-refractivity contribution in [3.8, 4) is 0 Å². The van der Waals surface area contributed by atoms with Crippen LogP contribution < -0.4 is 10.6 Å². The number of hydrogen-bond donors (Lipinski definition) is 3. The fourth-order valence-electron chi connectivity index (χ4n) is 1.76. The molecule has 4 nitrogen and oxygen atoms in total. The molecular weight excluding hydrogens is 220 g/mol. The smallest absolute Gasteiger partial charge is 0.150 e. The summed E-state index contributed by atoms with van der Waals surface area (Å²) in [6.07, 6.45) is 4.35. The van der Waals surface area contributed by atoms with Crippen molar-refractivity contribution < 1.29 is 0 Å². The zero-order valence-electron chi connectivity index (χ0n) is 10.6. The molecule has 1 aliphatic rings. The molecule has 0 aromatic heterocycles. The third-order valence-corrected chi connectivity index (χ3v) is 3.61. The Kier molecular flexibility index (Phi) is 4.99. The average Bonchev–Trinajstić information content (AvgIpc) is 2.31. The molecule has 0 saturated heterocycles. The summed E-state index contributed by atoms with van der Waals surface area (Å²) < 4.78 is 0. The van der Waals surface area contributed by atoms with Crippen LogP contribution in [-0.4, -0.2) is 36.1 Å². The number of nitrogens with zero attached hydrogens (tertiary/aromatic N) is 1. The van der Waals surface area contributed by atoms with Crippen LogP contribution in [-0.2, 0) is 0 Å². The van der Waals surface area contributed by atoms with Gasteiger partial charge in [0, 0.05) is 19.2 Å². The molecule has 0 spiro atoms.